The van der Waals surface area contributed by atoms with E-state index in [1.54, 1.807) is 11.1 Å². The van der Waals surface area contributed by atoms with Crippen molar-refractivity contribution in [3.63, 3.8) is 0 Å². The first-order valence-electron chi connectivity index (χ1n) is 19.9. The van der Waals surface area contributed by atoms with E-state index in [1.165, 1.54) is 98.2 Å². The first kappa shape index (κ1) is 29.6. The van der Waals surface area contributed by atoms with Crippen molar-refractivity contribution in [3.05, 3.63) is 157 Å². The smallest absolute Gasteiger partial charge is 0.143 e. The van der Waals surface area contributed by atoms with E-state index in [4.69, 9.17) is 8.83 Å². The fourth-order valence-corrected chi connectivity index (χ4v) is 12.4. The molecule has 2 heterocycles. The van der Waals surface area contributed by atoms with E-state index in [0.717, 1.165) is 34.2 Å². The molecule has 9 aromatic rings. The van der Waals surface area contributed by atoms with Crippen molar-refractivity contribution >= 4 is 43.9 Å². The van der Waals surface area contributed by atoms with Crippen LogP contribution in [0.3, 0.4) is 0 Å². The highest BCUT2D eigenvalue weighted by Crippen LogP contribution is 2.70. The van der Waals surface area contributed by atoms with E-state index in [2.05, 4.69) is 140 Å². The molecule has 14 rings (SSSR count). The van der Waals surface area contributed by atoms with Crippen molar-refractivity contribution in [3.8, 4) is 44.5 Å². The molecule has 0 aliphatic heterocycles. The summed E-state index contributed by atoms with van der Waals surface area (Å²) in [5, 5.41) is 4.71. The van der Waals surface area contributed by atoms with Gasteiger partial charge in [0.1, 0.15) is 22.3 Å². The third-order valence-electron chi connectivity index (χ3n) is 14.3. The number of hydrogen-bond acceptors (Lipinski definition) is 2. The van der Waals surface area contributed by atoms with Gasteiger partial charge in [0, 0.05) is 32.5 Å². The highest BCUT2D eigenvalue weighted by Gasteiger charge is 2.62. The maximum absolute atomic E-state index is 6.56. The lowest BCUT2D eigenvalue weighted by atomic mass is 9.42. The van der Waals surface area contributed by atoms with Gasteiger partial charge in [-0.3, -0.25) is 0 Å². The van der Waals surface area contributed by atoms with Crippen LogP contribution >= 0.6 is 0 Å². The first-order valence-corrected chi connectivity index (χ1v) is 19.9. The Labute approximate surface area is 314 Å². The standard InChI is InChI=1S/C52H38O2/c1-3-13-47-40(7-1)42-21-19-34(29-49(42)53-47)32-15-17-33(18-16-32)38-9-5-11-43-45-28-35(39-10-6-12-44-41-8-2-4-14-48(41)54-51(39)44)20-22-46(45)52(50(38)43)36-24-30-23-31(26-36)27-37(52)25-30/h1-22,28-31,36-37H,23-27H2. The molecule has 0 amide bonds. The van der Waals surface area contributed by atoms with Gasteiger partial charge in [-0.1, -0.05) is 115 Å². The van der Waals surface area contributed by atoms with Crippen LogP contribution in [0.1, 0.15) is 43.2 Å². The normalized spacial score (nSPS) is 23.6. The predicted octanol–water partition coefficient (Wildman–Crippen LogP) is 14.2. The van der Waals surface area contributed by atoms with Crippen LogP contribution in [0.5, 0.6) is 0 Å². The average molecular weight is 695 g/mol. The van der Waals surface area contributed by atoms with Crippen molar-refractivity contribution in [1.82, 2.24) is 0 Å². The third-order valence-corrected chi connectivity index (χ3v) is 14.3. The minimum atomic E-state index is 0.0591. The van der Waals surface area contributed by atoms with Crippen LogP contribution in [0.2, 0.25) is 0 Å². The summed E-state index contributed by atoms with van der Waals surface area (Å²) in [4.78, 5) is 0. The average Bonchev–Trinajstić information content (AvgIpc) is 3.88. The number of hydrogen-bond donors (Lipinski definition) is 0. The Kier molecular flexibility index (Phi) is 5.83. The van der Waals surface area contributed by atoms with Gasteiger partial charge < -0.3 is 8.83 Å². The Bertz CT molecular complexity index is 2980. The molecule has 0 N–H and O–H groups in total. The van der Waals surface area contributed by atoms with Crippen molar-refractivity contribution in [2.75, 3.05) is 0 Å². The van der Waals surface area contributed by atoms with Gasteiger partial charge in [0.05, 0.1) is 0 Å². The molecule has 7 aromatic carbocycles. The Hall–Kier alpha value is -5.86. The SMILES string of the molecule is c1cc(-c2ccc(-c3ccc4c(c3)oc3ccccc34)cc2)c2c(c1)-c1cc(-c3cccc4c3oc3ccccc34)ccc1C21C2CC3CC(C2)CC1C3. The molecule has 0 unspecified atom stereocenters. The van der Waals surface area contributed by atoms with Crippen LogP contribution in [-0.4, -0.2) is 0 Å². The highest BCUT2D eigenvalue weighted by atomic mass is 16.3. The number of benzene rings is 7. The summed E-state index contributed by atoms with van der Waals surface area (Å²) in [7, 11) is 0. The lowest BCUT2D eigenvalue weighted by Gasteiger charge is -2.61. The molecule has 5 aliphatic rings. The van der Waals surface area contributed by atoms with Crippen molar-refractivity contribution in [1.29, 1.82) is 0 Å². The van der Waals surface area contributed by atoms with Crippen LogP contribution in [0.4, 0.5) is 0 Å². The number of para-hydroxylation sites is 3. The monoisotopic (exact) mass is 694 g/mol. The van der Waals surface area contributed by atoms with Crippen LogP contribution in [0.25, 0.3) is 88.4 Å². The number of fused-ring (bicyclic) bond motifs is 9. The molecule has 0 atom stereocenters. The molecular formula is C52H38O2. The van der Waals surface area contributed by atoms with E-state index in [9.17, 15) is 0 Å². The fourth-order valence-electron chi connectivity index (χ4n) is 12.4. The summed E-state index contributed by atoms with van der Waals surface area (Å²) >= 11 is 0. The molecule has 0 saturated heterocycles. The Balaban J connectivity index is 0.973. The molecule has 2 nitrogen and oxygen atoms in total. The number of furan rings is 2. The van der Waals surface area contributed by atoms with Crippen LogP contribution in [0, 0.1) is 23.7 Å². The molecule has 258 valence electrons. The molecule has 4 saturated carbocycles. The molecule has 0 radical (unpaired) electrons. The molecule has 2 heteroatoms. The van der Waals surface area contributed by atoms with Crippen molar-refractivity contribution in [2.45, 2.75) is 37.5 Å². The lowest BCUT2D eigenvalue weighted by Crippen LogP contribution is -2.55. The zero-order chi connectivity index (χ0) is 35.1. The van der Waals surface area contributed by atoms with E-state index in [1.807, 2.05) is 6.07 Å². The molecule has 4 fully saturated rings. The summed E-state index contributed by atoms with van der Waals surface area (Å²) in [5.41, 5.74) is 17.5. The zero-order valence-electron chi connectivity index (χ0n) is 30.0. The maximum atomic E-state index is 6.56. The van der Waals surface area contributed by atoms with Crippen LogP contribution in [0.15, 0.2) is 154 Å². The second kappa shape index (κ2) is 10.6. The van der Waals surface area contributed by atoms with E-state index < -0.39 is 0 Å². The van der Waals surface area contributed by atoms with Crippen molar-refractivity contribution < 1.29 is 8.83 Å². The molecule has 4 bridgehead atoms. The van der Waals surface area contributed by atoms with E-state index >= 15 is 0 Å². The second-order valence-corrected chi connectivity index (χ2v) is 16.8. The molecular weight excluding hydrogens is 657 g/mol. The second-order valence-electron chi connectivity index (χ2n) is 16.8. The van der Waals surface area contributed by atoms with Gasteiger partial charge in [0.25, 0.3) is 0 Å². The third kappa shape index (κ3) is 3.86. The largest absolute Gasteiger partial charge is 0.456 e. The molecule has 54 heavy (non-hydrogen) atoms. The van der Waals surface area contributed by atoms with Gasteiger partial charge >= 0.3 is 0 Å². The highest BCUT2D eigenvalue weighted by molar-refractivity contribution is 6.10. The van der Waals surface area contributed by atoms with Gasteiger partial charge in [-0.2, -0.15) is 0 Å². The van der Waals surface area contributed by atoms with Gasteiger partial charge in [-0.25, -0.2) is 0 Å². The quantitative estimate of drug-likeness (QED) is 0.184. The first-order chi connectivity index (χ1) is 26.7. The maximum Gasteiger partial charge on any atom is 0.143 e. The van der Waals surface area contributed by atoms with E-state index in [-0.39, 0.29) is 5.41 Å². The zero-order valence-corrected chi connectivity index (χ0v) is 30.0. The summed E-state index contributed by atoms with van der Waals surface area (Å²) in [5.74, 6) is 3.17. The Morgan fingerprint density at radius 2 is 0.981 bits per heavy atom. The molecule has 5 aliphatic carbocycles. The summed E-state index contributed by atoms with van der Waals surface area (Å²) < 4.78 is 12.8. The van der Waals surface area contributed by atoms with E-state index in [0.29, 0.717) is 11.8 Å². The molecule has 1 spiro atoms. The van der Waals surface area contributed by atoms with Gasteiger partial charge in [0.2, 0.25) is 0 Å². The predicted molar refractivity (Wildman–Crippen MR) is 221 cm³/mol. The van der Waals surface area contributed by atoms with Gasteiger partial charge in [-0.05, 0) is 136 Å². The topological polar surface area (TPSA) is 26.3 Å². The summed E-state index contributed by atoms with van der Waals surface area (Å²) in [6.07, 6.45) is 6.91. The molecule has 2 aromatic heterocycles. The minimum absolute atomic E-state index is 0.0591. The lowest BCUT2D eigenvalue weighted by molar-refractivity contribution is -0.0397. The van der Waals surface area contributed by atoms with Gasteiger partial charge in [-0.15, -0.1) is 0 Å². The summed E-state index contributed by atoms with van der Waals surface area (Å²) in [6, 6.07) is 54.0. The van der Waals surface area contributed by atoms with Crippen LogP contribution < -0.4 is 0 Å². The Morgan fingerprint density at radius 1 is 0.389 bits per heavy atom. The number of rotatable bonds is 3. The fraction of sp³-hybridized carbons (Fsp3) is 0.192. The summed E-state index contributed by atoms with van der Waals surface area (Å²) in [6.45, 7) is 0. The van der Waals surface area contributed by atoms with Gasteiger partial charge in [0.15, 0.2) is 0 Å². The van der Waals surface area contributed by atoms with Crippen molar-refractivity contribution in [2.24, 2.45) is 23.7 Å². The van der Waals surface area contributed by atoms with Crippen LogP contribution in [-0.2, 0) is 5.41 Å². The Morgan fingerprint density at radius 3 is 1.78 bits per heavy atom. The minimum Gasteiger partial charge on any atom is -0.456 e.